The topological polar surface area (TPSA) is 61.5 Å². The number of ether oxygens (including phenoxy) is 2. The van der Waals surface area contributed by atoms with Gasteiger partial charge >= 0.3 is 5.97 Å². The number of benzene rings is 2. The predicted octanol–water partition coefficient (Wildman–Crippen LogP) is 3.64. The van der Waals surface area contributed by atoms with Crippen LogP contribution < -0.4 is 10.5 Å². The molecule has 0 aliphatic heterocycles. The Morgan fingerprint density at radius 3 is 2.65 bits per heavy atom. The van der Waals surface area contributed by atoms with Gasteiger partial charge in [-0.2, -0.15) is 0 Å². The molecule has 0 unspecified atom stereocenters. The number of hydrogen-bond acceptors (Lipinski definition) is 4. The van der Waals surface area contributed by atoms with Gasteiger partial charge in [0.05, 0.1) is 23.4 Å². The number of para-hydroxylation sites is 1. The summed E-state index contributed by atoms with van der Waals surface area (Å²) in [5.41, 5.74) is 6.15. The molecule has 2 rings (SSSR count). The van der Waals surface area contributed by atoms with Crippen molar-refractivity contribution in [2.75, 3.05) is 12.8 Å². The maximum absolute atomic E-state index is 13.0. The molecule has 0 spiro atoms. The SMILES string of the molecule is COC(=O)c1cccc(Oc2ccc(F)cc2Cl)c1N. The zero-order valence-corrected chi connectivity index (χ0v) is 11.3. The summed E-state index contributed by atoms with van der Waals surface area (Å²) in [6.45, 7) is 0. The van der Waals surface area contributed by atoms with Gasteiger partial charge in [-0.1, -0.05) is 17.7 Å². The van der Waals surface area contributed by atoms with E-state index in [9.17, 15) is 9.18 Å². The van der Waals surface area contributed by atoms with Gasteiger partial charge in [0.25, 0.3) is 0 Å². The summed E-state index contributed by atoms with van der Waals surface area (Å²) in [4.78, 5) is 11.5. The van der Waals surface area contributed by atoms with E-state index >= 15 is 0 Å². The van der Waals surface area contributed by atoms with E-state index < -0.39 is 11.8 Å². The molecule has 4 nitrogen and oxygen atoms in total. The molecule has 20 heavy (non-hydrogen) atoms. The second-order valence-corrected chi connectivity index (χ2v) is 4.29. The first-order valence-electron chi connectivity index (χ1n) is 5.62. The van der Waals surface area contributed by atoms with E-state index in [1.807, 2.05) is 0 Å². The molecular formula is C14H11ClFNO3. The van der Waals surface area contributed by atoms with Crippen molar-refractivity contribution in [3.05, 3.63) is 52.8 Å². The minimum Gasteiger partial charge on any atom is -0.465 e. The standard InChI is InChI=1S/C14H11ClFNO3/c1-19-14(18)9-3-2-4-12(13(9)17)20-11-6-5-8(16)7-10(11)15/h2-7H,17H2,1H3. The summed E-state index contributed by atoms with van der Waals surface area (Å²) < 4.78 is 23.1. The van der Waals surface area contributed by atoms with Crippen LogP contribution in [0.3, 0.4) is 0 Å². The van der Waals surface area contributed by atoms with Crippen molar-refractivity contribution in [1.29, 1.82) is 0 Å². The maximum Gasteiger partial charge on any atom is 0.340 e. The molecule has 2 N–H and O–H groups in total. The number of methoxy groups -OCH3 is 1. The Labute approximate surface area is 119 Å². The molecule has 104 valence electrons. The molecule has 0 aliphatic carbocycles. The molecule has 0 bridgehead atoms. The number of rotatable bonds is 3. The van der Waals surface area contributed by atoms with E-state index in [-0.39, 0.29) is 27.8 Å². The van der Waals surface area contributed by atoms with E-state index in [1.54, 1.807) is 12.1 Å². The van der Waals surface area contributed by atoms with E-state index in [0.717, 1.165) is 6.07 Å². The van der Waals surface area contributed by atoms with Crippen LogP contribution in [-0.4, -0.2) is 13.1 Å². The first kappa shape index (κ1) is 14.1. The number of nitrogens with two attached hydrogens (primary N) is 1. The van der Waals surface area contributed by atoms with Crippen molar-refractivity contribution in [3.8, 4) is 11.5 Å². The summed E-state index contributed by atoms with van der Waals surface area (Å²) in [5.74, 6) is -0.569. The van der Waals surface area contributed by atoms with Gasteiger partial charge in [-0.25, -0.2) is 9.18 Å². The van der Waals surface area contributed by atoms with Crippen LogP contribution in [0.15, 0.2) is 36.4 Å². The average Bonchev–Trinajstić information content (AvgIpc) is 2.43. The highest BCUT2D eigenvalue weighted by molar-refractivity contribution is 6.32. The van der Waals surface area contributed by atoms with Crippen LogP contribution >= 0.6 is 11.6 Å². The lowest BCUT2D eigenvalue weighted by Gasteiger charge is -2.12. The highest BCUT2D eigenvalue weighted by Crippen LogP contribution is 2.34. The fourth-order valence-electron chi connectivity index (χ4n) is 1.60. The van der Waals surface area contributed by atoms with Crippen molar-refractivity contribution in [3.63, 3.8) is 0 Å². The van der Waals surface area contributed by atoms with Gasteiger partial charge in [-0.3, -0.25) is 0 Å². The third kappa shape index (κ3) is 2.83. The highest BCUT2D eigenvalue weighted by atomic mass is 35.5. The molecule has 2 aromatic rings. The van der Waals surface area contributed by atoms with Gasteiger partial charge in [-0.05, 0) is 30.3 Å². The Bertz CT molecular complexity index is 661. The Hall–Kier alpha value is -2.27. The van der Waals surface area contributed by atoms with E-state index in [0.29, 0.717) is 0 Å². The van der Waals surface area contributed by atoms with Gasteiger partial charge in [0.15, 0.2) is 5.75 Å². The van der Waals surface area contributed by atoms with E-state index in [4.69, 9.17) is 22.1 Å². The number of anilines is 1. The lowest BCUT2D eigenvalue weighted by atomic mass is 10.1. The van der Waals surface area contributed by atoms with Crippen LogP contribution in [-0.2, 0) is 4.74 Å². The first-order valence-corrected chi connectivity index (χ1v) is 6.00. The number of halogens is 2. The van der Waals surface area contributed by atoms with Gasteiger partial charge in [0.1, 0.15) is 11.6 Å². The maximum atomic E-state index is 13.0. The molecule has 0 aromatic heterocycles. The number of carbonyl (C=O) groups is 1. The first-order chi connectivity index (χ1) is 9.52. The predicted molar refractivity (Wildman–Crippen MR) is 73.7 cm³/mol. The quantitative estimate of drug-likeness (QED) is 0.693. The Balaban J connectivity index is 2.37. The van der Waals surface area contributed by atoms with Crippen molar-refractivity contribution in [1.82, 2.24) is 0 Å². The van der Waals surface area contributed by atoms with Crippen LogP contribution in [0.5, 0.6) is 11.5 Å². The monoisotopic (exact) mass is 295 g/mol. The molecule has 0 amide bonds. The number of carbonyl (C=O) groups excluding carboxylic acids is 1. The fourth-order valence-corrected chi connectivity index (χ4v) is 1.80. The van der Waals surface area contributed by atoms with Crippen molar-refractivity contribution in [2.45, 2.75) is 0 Å². The van der Waals surface area contributed by atoms with Crippen LogP contribution in [0.25, 0.3) is 0 Å². The van der Waals surface area contributed by atoms with Crippen LogP contribution in [0.2, 0.25) is 5.02 Å². The van der Waals surface area contributed by atoms with E-state index in [1.165, 1.54) is 25.3 Å². The molecule has 2 aromatic carbocycles. The van der Waals surface area contributed by atoms with Gasteiger partial charge in [0, 0.05) is 0 Å². The van der Waals surface area contributed by atoms with Crippen LogP contribution in [0, 0.1) is 5.82 Å². The normalized spacial score (nSPS) is 10.2. The van der Waals surface area contributed by atoms with Gasteiger partial charge < -0.3 is 15.2 Å². The summed E-state index contributed by atoms with van der Waals surface area (Å²) in [6, 6.07) is 8.39. The average molecular weight is 296 g/mol. The lowest BCUT2D eigenvalue weighted by molar-refractivity contribution is 0.0601. The summed E-state index contributed by atoms with van der Waals surface area (Å²) >= 11 is 5.86. The van der Waals surface area contributed by atoms with Gasteiger partial charge in [-0.15, -0.1) is 0 Å². The molecule has 0 saturated heterocycles. The van der Waals surface area contributed by atoms with Crippen molar-refractivity contribution in [2.24, 2.45) is 0 Å². The number of esters is 1. The second kappa shape index (κ2) is 5.79. The molecular weight excluding hydrogens is 285 g/mol. The lowest BCUT2D eigenvalue weighted by Crippen LogP contribution is -2.06. The second-order valence-electron chi connectivity index (χ2n) is 3.89. The molecule has 6 heteroatoms. The number of nitrogen functional groups attached to an aromatic ring is 1. The van der Waals surface area contributed by atoms with Gasteiger partial charge in [0.2, 0.25) is 0 Å². The molecule has 0 saturated carbocycles. The Morgan fingerprint density at radius 1 is 1.25 bits per heavy atom. The van der Waals surface area contributed by atoms with Crippen LogP contribution in [0.4, 0.5) is 10.1 Å². The third-order valence-electron chi connectivity index (χ3n) is 2.59. The van der Waals surface area contributed by atoms with Crippen LogP contribution in [0.1, 0.15) is 10.4 Å². The largest absolute Gasteiger partial charge is 0.465 e. The minimum atomic E-state index is -0.571. The smallest absolute Gasteiger partial charge is 0.340 e. The molecule has 0 aliphatic rings. The molecule has 0 atom stereocenters. The fraction of sp³-hybridized carbons (Fsp3) is 0.0714. The number of hydrogen-bond donors (Lipinski definition) is 1. The molecule has 0 radical (unpaired) electrons. The van der Waals surface area contributed by atoms with Crippen molar-refractivity contribution >= 4 is 23.3 Å². The third-order valence-corrected chi connectivity index (χ3v) is 2.88. The highest BCUT2D eigenvalue weighted by Gasteiger charge is 2.15. The summed E-state index contributed by atoms with van der Waals surface area (Å²) in [7, 11) is 1.26. The Morgan fingerprint density at radius 2 is 2.00 bits per heavy atom. The minimum absolute atomic E-state index is 0.105. The zero-order valence-electron chi connectivity index (χ0n) is 10.5. The Kier molecular flexibility index (Phi) is 4.10. The molecule has 0 heterocycles. The zero-order chi connectivity index (χ0) is 14.7. The summed E-state index contributed by atoms with van der Waals surface area (Å²) in [6.07, 6.45) is 0. The molecule has 0 fully saturated rings. The van der Waals surface area contributed by atoms with Crippen molar-refractivity contribution < 1.29 is 18.7 Å². The van der Waals surface area contributed by atoms with E-state index in [2.05, 4.69) is 4.74 Å². The summed E-state index contributed by atoms with van der Waals surface area (Å²) in [5, 5.41) is 0.105.